The second-order valence-electron chi connectivity index (χ2n) is 9.23. The van der Waals surface area contributed by atoms with Crippen molar-refractivity contribution in [3.8, 4) is 0 Å². The third-order valence-electron chi connectivity index (χ3n) is 5.70. The second kappa shape index (κ2) is 14.8. The van der Waals surface area contributed by atoms with Gasteiger partial charge in [0, 0.05) is 29.7 Å². The van der Waals surface area contributed by atoms with Crippen LogP contribution in [0.25, 0.3) is 0 Å². The van der Waals surface area contributed by atoms with Crippen molar-refractivity contribution in [3.63, 3.8) is 0 Å². The Labute approximate surface area is 242 Å². The highest BCUT2D eigenvalue weighted by atomic mass is 79.9. The maximum absolute atomic E-state index is 13.7. The van der Waals surface area contributed by atoms with Gasteiger partial charge in [0.2, 0.25) is 11.8 Å². The largest absolute Gasteiger partial charge is 0.354 e. The molecule has 3 rings (SSSR count). The molecule has 1 N–H and O–H groups in total. The SMILES string of the molecule is CC(C)CNC(=O)[C@@H](Cc1ccccc1)N(Cc1ccc(Br)cc1)C(=O)CSCc1ccc(Cl)c(Cl)c1. The number of carbonyl (C=O) groups is 2. The van der Waals surface area contributed by atoms with Crippen molar-refractivity contribution in [1.29, 1.82) is 0 Å². The number of nitrogens with one attached hydrogen (secondary N) is 1. The van der Waals surface area contributed by atoms with Crippen LogP contribution >= 0.6 is 50.9 Å². The lowest BCUT2D eigenvalue weighted by Crippen LogP contribution is -2.51. The van der Waals surface area contributed by atoms with Crippen LogP contribution in [0.5, 0.6) is 0 Å². The molecular formula is C29H31BrCl2N2O2S. The minimum Gasteiger partial charge on any atom is -0.354 e. The first-order valence-electron chi connectivity index (χ1n) is 12.1. The average Bonchev–Trinajstić information content (AvgIpc) is 2.88. The zero-order valence-electron chi connectivity index (χ0n) is 20.9. The number of hydrogen-bond acceptors (Lipinski definition) is 3. The van der Waals surface area contributed by atoms with Crippen molar-refractivity contribution in [3.05, 3.63) is 104 Å². The quantitative estimate of drug-likeness (QED) is 0.229. The van der Waals surface area contributed by atoms with Gasteiger partial charge in [0.25, 0.3) is 0 Å². The van der Waals surface area contributed by atoms with E-state index in [0.29, 0.717) is 41.2 Å². The predicted octanol–water partition coefficient (Wildman–Crippen LogP) is 7.40. The number of nitrogens with zero attached hydrogens (tertiary/aromatic N) is 1. The van der Waals surface area contributed by atoms with Gasteiger partial charge in [-0.15, -0.1) is 11.8 Å². The van der Waals surface area contributed by atoms with Gasteiger partial charge in [0.05, 0.1) is 15.8 Å². The highest BCUT2D eigenvalue weighted by Crippen LogP contribution is 2.25. The number of hydrogen-bond donors (Lipinski definition) is 1. The van der Waals surface area contributed by atoms with Crippen molar-refractivity contribution in [2.75, 3.05) is 12.3 Å². The Hall–Kier alpha value is -1.99. The fraction of sp³-hybridized carbons (Fsp3) is 0.310. The van der Waals surface area contributed by atoms with Gasteiger partial charge in [0.15, 0.2) is 0 Å². The first-order chi connectivity index (χ1) is 17.7. The van der Waals surface area contributed by atoms with Gasteiger partial charge < -0.3 is 10.2 Å². The smallest absolute Gasteiger partial charge is 0.243 e. The summed E-state index contributed by atoms with van der Waals surface area (Å²) in [7, 11) is 0. The molecule has 3 aromatic carbocycles. The van der Waals surface area contributed by atoms with E-state index in [1.807, 2.05) is 66.7 Å². The normalized spacial score (nSPS) is 11.8. The molecule has 0 aromatic heterocycles. The Morgan fingerprint density at radius 1 is 0.919 bits per heavy atom. The van der Waals surface area contributed by atoms with Crippen LogP contribution in [-0.4, -0.2) is 35.1 Å². The Kier molecular flexibility index (Phi) is 11.8. The van der Waals surface area contributed by atoms with Gasteiger partial charge in [-0.3, -0.25) is 9.59 Å². The molecule has 3 aromatic rings. The summed E-state index contributed by atoms with van der Waals surface area (Å²) in [4.78, 5) is 28.8. The summed E-state index contributed by atoms with van der Waals surface area (Å²) in [6.07, 6.45) is 0.435. The zero-order chi connectivity index (χ0) is 26.8. The van der Waals surface area contributed by atoms with Crippen LogP contribution in [0.15, 0.2) is 77.3 Å². The Morgan fingerprint density at radius 2 is 1.59 bits per heavy atom. The van der Waals surface area contributed by atoms with E-state index in [1.54, 1.807) is 11.0 Å². The highest BCUT2D eigenvalue weighted by molar-refractivity contribution is 9.10. The molecule has 0 saturated heterocycles. The molecular weight excluding hydrogens is 591 g/mol. The van der Waals surface area contributed by atoms with Crippen LogP contribution in [-0.2, 0) is 28.3 Å². The monoisotopic (exact) mass is 620 g/mol. The molecule has 0 fully saturated rings. The predicted molar refractivity (Wildman–Crippen MR) is 159 cm³/mol. The average molecular weight is 622 g/mol. The molecule has 0 saturated carbocycles. The lowest BCUT2D eigenvalue weighted by Gasteiger charge is -2.32. The molecule has 196 valence electrons. The second-order valence-corrected chi connectivity index (χ2v) is 11.9. The molecule has 0 aliphatic heterocycles. The third-order valence-corrected chi connectivity index (χ3v) is 7.96. The van der Waals surface area contributed by atoms with Crippen molar-refractivity contribution in [2.24, 2.45) is 5.92 Å². The Morgan fingerprint density at radius 3 is 2.24 bits per heavy atom. The lowest BCUT2D eigenvalue weighted by molar-refractivity contribution is -0.139. The molecule has 2 amide bonds. The molecule has 0 bridgehead atoms. The van der Waals surface area contributed by atoms with Gasteiger partial charge in [-0.05, 0) is 46.9 Å². The minimum absolute atomic E-state index is 0.0893. The summed E-state index contributed by atoms with van der Waals surface area (Å²) < 4.78 is 0.960. The maximum atomic E-state index is 13.7. The van der Waals surface area contributed by atoms with E-state index >= 15 is 0 Å². The first-order valence-corrected chi connectivity index (χ1v) is 14.8. The Bertz CT molecular complexity index is 1180. The van der Waals surface area contributed by atoms with E-state index in [4.69, 9.17) is 23.2 Å². The fourth-order valence-electron chi connectivity index (χ4n) is 3.73. The van der Waals surface area contributed by atoms with Crippen LogP contribution in [0.2, 0.25) is 10.0 Å². The summed E-state index contributed by atoms with van der Waals surface area (Å²) in [5.41, 5.74) is 2.95. The Balaban J connectivity index is 1.83. The van der Waals surface area contributed by atoms with E-state index in [1.165, 1.54) is 11.8 Å². The molecule has 1 atom stereocenters. The zero-order valence-corrected chi connectivity index (χ0v) is 24.8. The first kappa shape index (κ1) is 29.6. The number of benzene rings is 3. The highest BCUT2D eigenvalue weighted by Gasteiger charge is 2.30. The molecule has 4 nitrogen and oxygen atoms in total. The summed E-state index contributed by atoms with van der Waals surface area (Å²) in [6.45, 7) is 5.00. The molecule has 0 radical (unpaired) electrons. The van der Waals surface area contributed by atoms with Crippen molar-refractivity contribution < 1.29 is 9.59 Å². The molecule has 0 aliphatic carbocycles. The van der Waals surface area contributed by atoms with Crippen molar-refractivity contribution in [2.45, 2.75) is 38.6 Å². The van der Waals surface area contributed by atoms with Gasteiger partial charge in [-0.2, -0.15) is 0 Å². The number of halogens is 3. The van der Waals surface area contributed by atoms with Gasteiger partial charge >= 0.3 is 0 Å². The van der Waals surface area contributed by atoms with Crippen LogP contribution < -0.4 is 5.32 Å². The lowest BCUT2D eigenvalue weighted by atomic mass is 10.0. The van der Waals surface area contributed by atoms with E-state index in [-0.39, 0.29) is 17.6 Å². The van der Waals surface area contributed by atoms with Gasteiger partial charge in [0.1, 0.15) is 6.04 Å². The van der Waals surface area contributed by atoms with Crippen molar-refractivity contribution >= 4 is 62.7 Å². The molecule has 0 spiro atoms. The number of carbonyl (C=O) groups excluding carboxylic acids is 2. The van der Waals surface area contributed by atoms with Crippen LogP contribution in [0.4, 0.5) is 0 Å². The van der Waals surface area contributed by atoms with E-state index < -0.39 is 6.04 Å². The molecule has 37 heavy (non-hydrogen) atoms. The molecule has 8 heteroatoms. The van der Waals surface area contributed by atoms with Crippen LogP contribution in [0.1, 0.15) is 30.5 Å². The number of amides is 2. The van der Waals surface area contributed by atoms with Crippen LogP contribution in [0, 0.1) is 5.92 Å². The molecule has 0 heterocycles. The van der Waals surface area contributed by atoms with E-state index in [9.17, 15) is 9.59 Å². The number of thioether (sulfide) groups is 1. The fourth-order valence-corrected chi connectivity index (χ4v) is 5.17. The summed E-state index contributed by atoms with van der Waals surface area (Å²) in [5, 5.41) is 4.05. The standard InChI is InChI=1S/C29H31BrCl2N2O2S/c1-20(2)16-33-29(36)27(15-21-6-4-3-5-7-21)34(17-22-8-11-24(30)12-9-22)28(35)19-37-18-23-10-13-25(31)26(32)14-23/h3-14,20,27H,15-19H2,1-2H3,(H,33,36)/t27-/m1/s1. The minimum atomic E-state index is -0.636. The summed E-state index contributed by atoms with van der Waals surface area (Å²) in [6, 6.07) is 22.5. The number of rotatable bonds is 12. The van der Waals surface area contributed by atoms with E-state index in [0.717, 1.165) is 21.2 Å². The third kappa shape index (κ3) is 9.68. The molecule has 0 aliphatic rings. The van der Waals surface area contributed by atoms with Crippen LogP contribution in [0.3, 0.4) is 0 Å². The summed E-state index contributed by atoms with van der Waals surface area (Å²) in [5.74, 6) is 0.918. The van der Waals surface area contributed by atoms with Gasteiger partial charge in [-0.1, -0.05) is 102 Å². The topological polar surface area (TPSA) is 49.4 Å². The summed E-state index contributed by atoms with van der Waals surface area (Å²) >= 11 is 17.1. The van der Waals surface area contributed by atoms with Gasteiger partial charge in [-0.25, -0.2) is 0 Å². The maximum Gasteiger partial charge on any atom is 0.243 e. The molecule has 0 unspecified atom stereocenters. The van der Waals surface area contributed by atoms with E-state index in [2.05, 4.69) is 35.1 Å². The van der Waals surface area contributed by atoms with Crippen molar-refractivity contribution in [1.82, 2.24) is 10.2 Å².